The molecular formula is C3H12O6P2. The van der Waals surface area contributed by atoms with Gasteiger partial charge in [-0.05, 0) is 6.92 Å². The van der Waals surface area contributed by atoms with Gasteiger partial charge in [-0.1, -0.05) is 6.08 Å². The predicted octanol–water partition coefficient (Wildman–Crippen LogP) is -0.0863. The summed E-state index contributed by atoms with van der Waals surface area (Å²) in [6, 6.07) is 0. The first-order chi connectivity index (χ1) is 4.88. The fourth-order valence-electron chi connectivity index (χ4n) is 0. The van der Waals surface area contributed by atoms with Crippen molar-refractivity contribution in [2.24, 2.45) is 0 Å². The Morgan fingerprint density at radius 2 is 1.09 bits per heavy atom. The highest BCUT2D eigenvalue weighted by Crippen LogP contribution is 1.98. The van der Waals surface area contributed by atoms with Gasteiger partial charge in [-0.3, -0.25) is 9.13 Å². The van der Waals surface area contributed by atoms with Gasteiger partial charge in [0.05, 0.1) is 0 Å². The summed E-state index contributed by atoms with van der Waals surface area (Å²) in [5.74, 6) is 0. The third-order valence-corrected chi connectivity index (χ3v) is 0. The van der Waals surface area contributed by atoms with Crippen molar-refractivity contribution in [3.8, 4) is 0 Å². The second kappa shape index (κ2) is 16.6. The van der Waals surface area contributed by atoms with Gasteiger partial charge in [-0.15, -0.1) is 6.58 Å². The van der Waals surface area contributed by atoms with Crippen molar-refractivity contribution < 1.29 is 28.7 Å². The molecule has 0 rings (SSSR count). The molecule has 0 aliphatic heterocycles. The number of hydrogen-bond donors (Lipinski definition) is 4. The number of allylic oxidation sites excluding steroid dienone is 1. The second-order valence-corrected chi connectivity index (χ2v) is 2.10. The van der Waals surface area contributed by atoms with Gasteiger partial charge in [-0.2, -0.15) is 0 Å². The Balaban J connectivity index is -0.0000000886. The van der Waals surface area contributed by atoms with E-state index in [2.05, 4.69) is 6.58 Å². The quantitative estimate of drug-likeness (QED) is 0.325. The lowest BCUT2D eigenvalue weighted by atomic mass is 10.8. The fourth-order valence-corrected chi connectivity index (χ4v) is 0. The molecule has 0 amide bonds. The monoisotopic (exact) mass is 206 g/mol. The highest BCUT2D eigenvalue weighted by Gasteiger charge is 1.62. The van der Waals surface area contributed by atoms with Crippen LogP contribution in [-0.4, -0.2) is 19.6 Å². The molecule has 0 saturated heterocycles. The highest BCUT2D eigenvalue weighted by atomic mass is 31.1. The van der Waals surface area contributed by atoms with Crippen molar-refractivity contribution in [1.29, 1.82) is 0 Å². The normalized spacial score (nSPS) is 7.55. The van der Waals surface area contributed by atoms with Crippen LogP contribution in [0.2, 0.25) is 0 Å². The summed E-state index contributed by atoms with van der Waals surface area (Å²) < 4.78 is 17.5. The van der Waals surface area contributed by atoms with E-state index in [9.17, 15) is 0 Å². The molecule has 0 saturated carbocycles. The van der Waals surface area contributed by atoms with Crippen LogP contribution in [0.3, 0.4) is 0 Å². The number of hydrogen-bond acceptors (Lipinski definition) is 2. The van der Waals surface area contributed by atoms with Gasteiger partial charge in [0.1, 0.15) is 0 Å². The molecule has 8 heteroatoms. The van der Waals surface area contributed by atoms with Crippen molar-refractivity contribution in [2.75, 3.05) is 0 Å². The average molecular weight is 206 g/mol. The largest absolute Gasteiger partial charge is 0.326 e. The zero-order valence-corrected chi connectivity index (χ0v) is 7.89. The van der Waals surface area contributed by atoms with Crippen molar-refractivity contribution in [2.45, 2.75) is 6.92 Å². The van der Waals surface area contributed by atoms with Gasteiger partial charge in [0, 0.05) is 0 Å². The third kappa shape index (κ3) is 406000. The third-order valence-electron chi connectivity index (χ3n) is 0. The van der Waals surface area contributed by atoms with E-state index in [1.807, 2.05) is 6.92 Å². The maximum Gasteiger partial charge on any atom is 0.314 e. The average Bonchev–Trinajstić information content (AvgIpc) is 1.60. The first-order valence-electron chi connectivity index (χ1n) is 2.29. The molecule has 0 radical (unpaired) electrons. The molecule has 4 N–H and O–H groups in total. The molecule has 0 heterocycles. The summed E-state index contributed by atoms with van der Waals surface area (Å²) >= 11 is 0. The van der Waals surface area contributed by atoms with Crippen LogP contribution in [0.4, 0.5) is 0 Å². The van der Waals surface area contributed by atoms with Crippen molar-refractivity contribution >= 4 is 16.5 Å². The van der Waals surface area contributed by atoms with Crippen LogP contribution in [0, 0.1) is 0 Å². The van der Waals surface area contributed by atoms with E-state index >= 15 is 0 Å². The molecule has 6 nitrogen and oxygen atoms in total. The Morgan fingerprint density at radius 3 is 1.09 bits per heavy atom. The molecule has 0 aromatic carbocycles. The zero-order chi connectivity index (χ0) is 9.86. The van der Waals surface area contributed by atoms with E-state index in [-0.39, 0.29) is 0 Å². The lowest BCUT2D eigenvalue weighted by molar-refractivity contribution is 0.403. The van der Waals surface area contributed by atoms with Crippen LogP contribution in [0.5, 0.6) is 0 Å². The maximum absolute atomic E-state index is 8.74. The van der Waals surface area contributed by atoms with Gasteiger partial charge >= 0.3 is 16.5 Å². The summed E-state index contributed by atoms with van der Waals surface area (Å²) in [5, 5.41) is 0. The molecule has 0 aliphatic rings. The van der Waals surface area contributed by atoms with Crippen molar-refractivity contribution in [1.82, 2.24) is 0 Å². The van der Waals surface area contributed by atoms with Gasteiger partial charge in [0.2, 0.25) is 0 Å². The minimum absolute atomic E-state index is 1.75. The second-order valence-electron chi connectivity index (χ2n) is 0.973. The first-order valence-corrected chi connectivity index (χ1v) is 4.89. The van der Waals surface area contributed by atoms with Crippen LogP contribution in [0.15, 0.2) is 12.7 Å². The topological polar surface area (TPSA) is 115 Å². The summed E-state index contributed by atoms with van der Waals surface area (Å²) in [5.41, 5.74) is 0. The minimum atomic E-state index is -3.13. The predicted molar refractivity (Wildman–Crippen MR) is 42.7 cm³/mol. The van der Waals surface area contributed by atoms with Crippen molar-refractivity contribution in [3.63, 3.8) is 0 Å². The van der Waals surface area contributed by atoms with E-state index in [0.717, 1.165) is 0 Å². The van der Waals surface area contributed by atoms with E-state index in [4.69, 9.17) is 28.7 Å². The molecule has 0 bridgehead atoms. The molecule has 0 spiro atoms. The Morgan fingerprint density at radius 1 is 1.09 bits per heavy atom. The van der Waals surface area contributed by atoms with Crippen molar-refractivity contribution in [3.05, 3.63) is 12.7 Å². The summed E-state index contributed by atoms with van der Waals surface area (Å²) in [6.45, 7) is 5.25. The van der Waals surface area contributed by atoms with E-state index in [1.165, 1.54) is 0 Å². The Kier molecular flexibility index (Phi) is 25.9. The van der Waals surface area contributed by atoms with Crippen LogP contribution in [-0.2, 0) is 9.13 Å². The summed E-state index contributed by atoms with van der Waals surface area (Å²) in [6.07, 6.45) is 1.75. The van der Waals surface area contributed by atoms with Gasteiger partial charge in [-0.25, -0.2) is 0 Å². The van der Waals surface area contributed by atoms with E-state index in [0.29, 0.717) is 0 Å². The van der Waals surface area contributed by atoms with Gasteiger partial charge in [0.25, 0.3) is 0 Å². The fraction of sp³-hybridized carbons (Fsp3) is 0.333. The Bertz CT molecular complexity index is 103. The Hall–Kier alpha value is 0.0400. The molecule has 0 aromatic rings. The zero-order valence-electron chi connectivity index (χ0n) is 5.89. The summed E-state index contributed by atoms with van der Waals surface area (Å²) in [7, 11) is -6.26. The van der Waals surface area contributed by atoms with Gasteiger partial charge < -0.3 is 19.6 Å². The molecule has 0 aliphatic carbocycles. The van der Waals surface area contributed by atoms with Gasteiger partial charge in [0.15, 0.2) is 0 Å². The molecule has 0 unspecified atom stereocenters. The molecule has 70 valence electrons. The smallest absolute Gasteiger partial charge is 0.314 e. The van der Waals surface area contributed by atoms with Crippen LogP contribution in [0.1, 0.15) is 6.92 Å². The molecule has 0 fully saturated rings. The van der Waals surface area contributed by atoms with E-state index in [1.54, 1.807) is 6.08 Å². The first kappa shape index (κ1) is 17.2. The molecule has 0 atom stereocenters. The SMILES string of the molecule is C=CC.O=[PH](O)O.O=[PH](O)O. The highest BCUT2D eigenvalue weighted by molar-refractivity contribution is 7.31. The minimum Gasteiger partial charge on any atom is -0.326 e. The lowest BCUT2D eigenvalue weighted by Crippen LogP contribution is -1.38. The molecule has 0 aromatic heterocycles. The van der Waals surface area contributed by atoms with Crippen LogP contribution >= 0.6 is 16.5 Å². The van der Waals surface area contributed by atoms with Crippen LogP contribution in [0.25, 0.3) is 0 Å². The molecule has 11 heavy (non-hydrogen) atoms. The molecular weight excluding hydrogens is 194 g/mol. The maximum atomic E-state index is 8.74. The standard InChI is InChI=1S/C3H6.2H3O3P/c1-3-2;2*1-4(2)3/h3H,1H2,2H3;2*4H,(H2,1,2,3). The van der Waals surface area contributed by atoms with Crippen LogP contribution < -0.4 is 0 Å². The van der Waals surface area contributed by atoms with E-state index < -0.39 is 16.5 Å². The number of rotatable bonds is 0. The summed E-state index contributed by atoms with van der Waals surface area (Å²) in [4.78, 5) is 28.6. The Labute approximate surface area is 65.7 Å². The lowest BCUT2D eigenvalue weighted by Gasteiger charge is -1.61.